The van der Waals surface area contributed by atoms with Gasteiger partial charge in [0.25, 0.3) is 0 Å². The zero-order chi connectivity index (χ0) is 15.1. The number of aliphatic hydroxyl groups excluding tert-OH is 1. The summed E-state index contributed by atoms with van der Waals surface area (Å²) in [5.74, 6) is 0. The Balaban J connectivity index is 1.74. The first-order valence-corrected chi connectivity index (χ1v) is 7.60. The molecule has 0 spiro atoms. The fraction of sp³-hybridized carbons (Fsp3) is 0.533. The summed E-state index contributed by atoms with van der Waals surface area (Å²) in [6, 6.07) is 9.96. The monoisotopic (exact) mass is 309 g/mol. The summed E-state index contributed by atoms with van der Waals surface area (Å²) in [6.07, 6.45) is -0.420. The van der Waals surface area contributed by atoms with Gasteiger partial charge in [-0.2, -0.15) is 0 Å². The van der Waals surface area contributed by atoms with Gasteiger partial charge < -0.3 is 20.1 Å². The van der Waals surface area contributed by atoms with E-state index in [-0.39, 0.29) is 0 Å². The summed E-state index contributed by atoms with van der Waals surface area (Å²) in [5, 5.41) is 13.8. The van der Waals surface area contributed by atoms with Crippen molar-refractivity contribution in [3.63, 3.8) is 0 Å². The van der Waals surface area contributed by atoms with Gasteiger partial charge in [-0.15, -0.1) is 0 Å². The topological polar surface area (TPSA) is 48.0 Å². The average molecular weight is 309 g/mol. The maximum absolute atomic E-state index is 9.75. The lowest BCUT2D eigenvalue weighted by Gasteiger charge is -2.36. The Morgan fingerprint density at radius 3 is 2.57 bits per heavy atom. The van der Waals surface area contributed by atoms with Crippen molar-refractivity contribution in [2.24, 2.45) is 0 Å². The van der Waals surface area contributed by atoms with Gasteiger partial charge in [-0.3, -0.25) is 4.90 Å². The highest BCUT2D eigenvalue weighted by Gasteiger charge is 2.20. The summed E-state index contributed by atoms with van der Waals surface area (Å²) >= 11 is 5.45. The number of para-hydroxylation sites is 1. The standard InChI is InChI=1S/C15H23N3O2S/c1-20-12-14(19)11-17-7-9-18(10-8-17)15(21)16-13-5-3-2-4-6-13/h2-6,14,19H,7-12H2,1H3,(H,16,21)/t14-/m0/s1. The number of thiocarbonyl (C=S) groups is 1. The number of ether oxygens (including phenoxy) is 1. The van der Waals surface area contributed by atoms with Crippen LogP contribution in [0.15, 0.2) is 30.3 Å². The van der Waals surface area contributed by atoms with E-state index in [0.717, 1.165) is 37.0 Å². The van der Waals surface area contributed by atoms with E-state index in [0.29, 0.717) is 13.2 Å². The van der Waals surface area contributed by atoms with E-state index < -0.39 is 6.10 Å². The molecule has 0 radical (unpaired) electrons. The van der Waals surface area contributed by atoms with Crippen molar-refractivity contribution in [1.29, 1.82) is 0 Å². The van der Waals surface area contributed by atoms with E-state index in [9.17, 15) is 5.11 Å². The molecule has 0 amide bonds. The van der Waals surface area contributed by atoms with Gasteiger partial charge in [0.2, 0.25) is 0 Å². The molecule has 0 bridgehead atoms. The normalized spacial score (nSPS) is 17.5. The Hall–Kier alpha value is -1.21. The molecule has 5 nitrogen and oxygen atoms in total. The van der Waals surface area contributed by atoms with Gasteiger partial charge in [0, 0.05) is 45.5 Å². The highest BCUT2D eigenvalue weighted by Crippen LogP contribution is 2.09. The third-order valence-corrected chi connectivity index (χ3v) is 3.87. The first-order valence-electron chi connectivity index (χ1n) is 7.19. The van der Waals surface area contributed by atoms with E-state index in [4.69, 9.17) is 17.0 Å². The SMILES string of the molecule is COC[C@@H](O)CN1CCN(C(=S)Nc2ccccc2)CC1. The number of benzene rings is 1. The third-order valence-electron chi connectivity index (χ3n) is 3.51. The van der Waals surface area contributed by atoms with Crippen molar-refractivity contribution in [3.8, 4) is 0 Å². The predicted molar refractivity (Wildman–Crippen MR) is 88.6 cm³/mol. The Labute approximate surface area is 131 Å². The lowest BCUT2D eigenvalue weighted by molar-refractivity contribution is 0.0299. The van der Waals surface area contributed by atoms with Gasteiger partial charge in [-0.05, 0) is 24.4 Å². The smallest absolute Gasteiger partial charge is 0.173 e. The van der Waals surface area contributed by atoms with E-state index in [2.05, 4.69) is 15.1 Å². The summed E-state index contributed by atoms with van der Waals surface area (Å²) < 4.78 is 4.95. The second-order valence-electron chi connectivity index (χ2n) is 5.19. The number of rotatable bonds is 5. The maximum atomic E-state index is 9.75. The first kappa shape index (κ1) is 16.2. The number of anilines is 1. The fourth-order valence-electron chi connectivity index (χ4n) is 2.40. The minimum Gasteiger partial charge on any atom is -0.389 e. The lowest BCUT2D eigenvalue weighted by Crippen LogP contribution is -2.51. The number of methoxy groups -OCH3 is 1. The number of nitrogens with zero attached hydrogens (tertiary/aromatic N) is 2. The number of hydrogen-bond donors (Lipinski definition) is 2. The van der Waals surface area contributed by atoms with Gasteiger partial charge in [0.15, 0.2) is 5.11 Å². The highest BCUT2D eigenvalue weighted by atomic mass is 32.1. The predicted octanol–water partition coefficient (Wildman–Crippen LogP) is 1.01. The van der Waals surface area contributed by atoms with Crippen LogP contribution in [-0.2, 0) is 4.74 Å². The summed E-state index contributed by atoms with van der Waals surface area (Å²) in [5.41, 5.74) is 1.01. The molecule has 2 rings (SSSR count). The maximum Gasteiger partial charge on any atom is 0.173 e. The van der Waals surface area contributed by atoms with Crippen molar-refractivity contribution >= 4 is 23.0 Å². The molecule has 2 N–H and O–H groups in total. The average Bonchev–Trinajstić information content (AvgIpc) is 2.49. The fourth-order valence-corrected chi connectivity index (χ4v) is 2.70. The number of nitrogens with one attached hydrogen (secondary N) is 1. The molecular formula is C15H23N3O2S. The van der Waals surface area contributed by atoms with E-state index in [1.165, 1.54) is 0 Å². The zero-order valence-electron chi connectivity index (χ0n) is 12.4. The molecule has 1 fully saturated rings. The van der Waals surface area contributed by atoms with Crippen LogP contribution in [0.4, 0.5) is 5.69 Å². The lowest BCUT2D eigenvalue weighted by atomic mass is 10.2. The Morgan fingerprint density at radius 1 is 1.29 bits per heavy atom. The second kappa shape index (κ2) is 8.29. The molecule has 1 saturated heterocycles. The quantitative estimate of drug-likeness (QED) is 0.792. The van der Waals surface area contributed by atoms with Gasteiger partial charge in [-0.1, -0.05) is 18.2 Å². The van der Waals surface area contributed by atoms with Crippen molar-refractivity contribution in [2.45, 2.75) is 6.10 Å². The molecule has 1 aromatic carbocycles. The van der Waals surface area contributed by atoms with Crippen molar-refractivity contribution in [3.05, 3.63) is 30.3 Å². The molecule has 6 heteroatoms. The largest absolute Gasteiger partial charge is 0.389 e. The second-order valence-corrected chi connectivity index (χ2v) is 5.58. The van der Waals surface area contributed by atoms with E-state index >= 15 is 0 Å². The Bertz CT molecular complexity index is 436. The molecule has 1 atom stereocenters. The van der Waals surface area contributed by atoms with Gasteiger partial charge in [0.05, 0.1) is 12.7 Å². The molecule has 0 unspecified atom stereocenters. The number of β-amino-alcohol motifs (C(OH)–C–C–N with tert-alkyl or cyclic N) is 1. The highest BCUT2D eigenvalue weighted by molar-refractivity contribution is 7.80. The molecule has 0 saturated carbocycles. The number of aliphatic hydroxyl groups is 1. The molecule has 1 heterocycles. The minimum atomic E-state index is -0.420. The van der Waals surface area contributed by atoms with Crippen LogP contribution in [-0.4, -0.2) is 72.6 Å². The number of piperazine rings is 1. The molecule has 116 valence electrons. The van der Waals surface area contributed by atoms with Crippen LogP contribution in [0.25, 0.3) is 0 Å². The van der Waals surface area contributed by atoms with Crippen LogP contribution in [0.5, 0.6) is 0 Å². The zero-order valence-corrected chi connectivity index (χ0v) is 13.2. The van der Waals surface area contributed by atoms with Crippen LogP contribution >= 0.6 is 12.2 Å². The molecule has 0 aliphatic carbocycles. The van der Waals surface area contributed by atoms with Gasteiger partial charge >= 0.3 is 0 Å². The van der Waals surface area contributed by atoms with Gasteiger partial charge in [-0.25, -0.2) is 0 Å². The summed E-state index contributed by atoms with van der Waals surface area (Å²) in [4.78, 5) is 4.41. The Kier molecular flexibility index (Phi) is 6.38. The van der Waals surface area contributed by atoms with Gasteiger partial charge in [0.1, 0.15) is 0 Å². The summed E-state index contributed by atoms with van der Waals surface area (Å²) in [6.45, 7) is 4.58. The third kappa shape index (κ3) is 5.24. The van der Waals surface area contributed by atoms with Crippen LogP contribution < -0.4 is 5.32 Å². The first-order chi connectivity index (χ1) is 10.2. The Morgan fingerprint density at radius 2 is 1.95 bits per heavy atom. The molecule has 0 aromatic heterocycles. The minimum absolute atomic E-state index is 0.383. The van der Waals surface area contributed by atoms with E-state index in [1.807, 2.05) is 30.3 Å². The molecule has 21 heavy (non-hydrogen) atoms. The van der Waals surface area contributed by atoms with Crippen LogP contribution in [0, 0.1) is 0 Å². The molecule has 1 aliphatic rings. The number of hydrogen-bond acceptors (Lipinski definition) is 4. The molecule has 1 aromatic rings. The van der Waals surface area contributed by atoms with Crippen LogP contribution in [0.1, 0.15) is 0 Å². The summed E-state index contributed by atoms with van der Waals surface area (Å²) in [7, 11) is 1.61. The van der Waals surface area contributed by atoms with Crippen LogP contribution in [0.3, 0.4) is 0 Å². The van der Waals surface area contributed by atoms with Crippen LogP contribution in [0.2, 0.25) is 0 Å². The van der Waals surface area contributed by atoms with Crippen molar-refractivity contribution < 1.29 is 9.84 Å². The molecule has 1 aliphatic heterocycles. The molecular weight excluding hydrogens is 286 g/mol. The van der Waals surface area contributed by atoms with E-state index in [1.54, 1.807) is 7.11 Å². The van der Waals surface area contributed by atoms with Crippen molar-refractivity contribution in [2.75, 3.05) is 51.8 Å². The van der Waals surface area contributed by atoms with Crippen molar-refractivity contribution in [1.82, 2.24) is 9.80 Å².